The van der Waals surface area contributed by atoms with E-state index in [4.69, 9.17) is 11.6 Å². The number of phenols is 1. The number of azo groups is 1. The molecule has 4 nitrogen and oxygen atoms in total. The van der Waals surface area contributed by atoms with Gasteiger partial charge in [-0.1, -0.05) is 39.7 Å². The van der Waals surface area contributed by atoms with Gasteiger partial charge >= 0.3 is 0 Å². The summed E-state index contributed by atoms with van der Waals surface area (Å²) >= 11 is 10.7. The van der Waals surface area contributed by atoms with Gasteiger partial charge in [-0.05, 0) is 30.3 Å². The number of phenolic OH excluding ortho intramolecular Hbond substituents is 1. The minimum Gasteiger partial charge on any atom is -0.508 e. The number of halogens is 2. The molecule has 0 aliphatic heterocycles. The van der Waals surface area contributed by atoms with E-state index in [-0.39, 0.29) is 5.75 Å². The Hall–Kier alpha value is -1.76. The Morgan fingerprint density at radius 2 is 1.96 bits per heavy atom. The molecule has 0 fully saturated rings. The summed E-state index contributed by atoms with van der Waals surface area (Å²) < 4.78 is 0.889. The molecule has 3 aromatic rings. The second kappa shape index (κ2) is 7.21. The number of aromatic nitrogens is 1. The number of benzene rings is 2. The van der Waals surface area contributed by atoms with Gasteiger partial charge in [-0.3, -0.25) is 0 Å². The van der Waals surface area contributed by atoms with Crippen LogP contribution in [0.1, 0.15) is 5.56 Å². The Morgan fingerprint density at radius 3 is 2.74 bits per heavy atom. The van der Waals surface area contributed by atoms with Crippen LogP contribution in [-0.2, 0) is 6.54 Å². The third-order valence-corrected chi connectivity index (χ3v) is 4.54. The zero-order valence-corrected chi connectivity index (χ0v) is 14.9. The molecule has 0 radical (unpaired) electrons. The first kappa shape index (κ1) is 16.1. The molecular formula is C16H11BrClN3OS. The summed E-state index contributed by atoms with van der Waals surface area (Å²) in [5.74, 6) is 0.202. The number of hydrogen-bond acceptors (Lipinski definition) is 5. The quantitative estimate of drug-likeness (QED) is 0.521. The molecule has 0 bridgehead atoms. The van der Waals surface area contributed by atoms with Crippen molar-refractivity contribution in [3.05, 3.63) is 62.9 Å². The second-order valence-corrected chi connectivity index (χ2v) is 6.88. The van der Waals surface area contributed by atoms with E-state index < -0.39 is 0 Å². The van der Waals surface area contributed by atoms with Crippen molar-refractivity contribution in [2.24, 2.45) is 10.2 Å². The lowest BCUT2D eigenvalue weighted by Crippen LogP contribution is -1.82. The standard InChI is InChI=1S/C16H11BrClN3OS/c17-12-3-6-15(22)11(7-12)8-19-21-16-20-14(9-23-16)10-1-4-13(18)5-2-10/h1-7,9,22H,8H2. The van der Waals surface area contributed by atoms with Gasteiger partial charge in [0.15, 0.2) is 0 Å². The van der Waals surface area contributed by atoms with Crippen molar-refractivity contribution in [1.29, 1.82) is 0 Å². The molecule has 23 heavy (non-hydrogen) atoms. The minimum atomic E-state index is 0.202. The number of thiazole rings is 1. The normalized spacial score (nSPS) is 11.2. The maximum absolute atomic E-state index is 9.76. The fourth-order valence-corrected chi connectivity index (χ4v) is 3.11. The average Bonchev–Trinajstić information content (AvgIpc) is 3.00. The fourth-order valence-electron chi connectivity index (χ4n) is 1.92. The number of nitrogens with zero attached hydrogens (tertiary/aromatic N) is 3. The van der Waals surface area contributed by atoms with Crippen LogP contribution in [0, 0.1) is 0 Å². The monoisotopic (exact) mass is 407 g/mol. The lowest BCUT2D eigenvalue weighted by molar-refractivity contribution is 0.468. The molecule has 2 aromatic carbocycles. The van der Waals surface area contributed by atoms with Gasteiger partial charge in [-0.15, -0.1) is 16.5 Å². The highest BCUT2D eigenvalue weighted by Crippen LogP contribution is 2.28. The maximum Gasteiger partial charge on any atom is 0.230 e. The molecule has 116 valence electrons. The van der Waals surface area contributed by atoms with Gasteiger partial charge in [0.25, 0.3) is 0 Å². The molecule has 0 aliphatic carbocycles. The topological polar surface area (TPSA) is 57.8 Å². The highest BCUT2D eigenvalue weighted by atomic mass is 79.9. The molecular weight excluding hydrogens is 398 g/mol. The van der Waals surface area contributed by atoms with E-state index in [2.05, 4.69) is 31.1 Å². The van der Waals surface area contributed by atoms with Crippen LogP contribution in [0.15, 0.2) is 62.5 Å². The summed E-state index contributed by atoms with van der Waals surface area (Å²) in [6, 6.07) is 12.7. The Bertz CT molecular complexity index is 849. The average molecular weight is 409 g/mol. The van der Waals surface area contributed by atoms with Crippen molar-refractivity contribution >= 4 is 44.0 Å². The van der Waals surface area contributed by atoms with Crippen molar-refractivity contribution in [3.8, 4) is 17.0 Å². The van der Waals surface area contributed by atoms with Crippen molar-refractivity contribution in [3.63, 3.8) is 0 Å². The lowest BCUT2D eigenvalue weighted by atomic mass is 10.2. The summed E-state index contributed by atoms with van der Waals surface area (Å²) in [7, 11) is 0. The molecule has 1 aromatic heterocycles. The number of rotatable bonds is 4. The van der Waals surface area contributed by atoms with Crippen molar-refractivity contribution in [1.82, 2.24) is 4.98 Å². The van der Waals surface area contributed by atoms with Gasteiger partial charge < -0.3 is 5.11 Å². The molecule has 0 aliphatic rings. The van der Waals surface area contributed by atoms with Crippen LogP contribution in [0.25, 0.3) is 11.3 Å². The number of aromatic hydroxyl groups is 1. The Labute approximate surface area is 150 Å². The molecule has 0 spiro atoms. The van der Waals surface area contributed by atoms with Crippen LogP contribution >= 0.6 is 38.9 Å². The van der Waals surface area contributed by atoms with Crippen LogP contribution in [-0.4, -0.2) is 10.1 Å². The first-order valence-electron chi connectivity index (χ1n) is 6.68. The van der Waals surface area contributed by atoms with Gasteiger partial charge in [0.1, 0.15) is 5.75 Å². The third kappa shape index (κ3) is 4.16. The molecule has 0 atom stereocenters. The summed E-state index contributed by atoms with van der Waals surface area (Å²) in [5.41, 5.74) is 2.53. The first-order valence-corrected chi connectivity index (χ1v) is 8.73. The van der Waals surface area contributed by atoms with Crippen LogP contribution in [0.2, 0.25) is 5.02 Å². The molecule has 3 rings (SSSR count). The van der Waals surface area contributed by atoms with Gasteiger partial charge in [0.2, 0.25) is 5.13 Å². The molecule has 0 unspecified atom stereocenters. The van der Waals surface area contributed by atoms with E-state index in [0.717, 1.165) is 15.7 Å². The van der Waals surface area contributed by atoms with Crippen LogP contribution in [0.3, 0.4) is 0 Å². The van der Waals surface area contributed by atoms with E-state index in [1.807, 2.05) is 35.7 Å². The molecule has 1 heterocycles. The fraction of sp³-hybridized carbons (Fsp3) is 0.0625. The smallest absolute Gasteiger partial charge is 0.230 e. The molecule has 0 saturated heterocycles. The number of hydrogen-bond donors (Lipinski definition) is 1. The van der Waals surface area contributed by atoms with Crippen molar-refractivity contribution in [2.45, 2.75) is 6.54 Å². The highest BCUT2D eigenvalue weighted by Gasteiger charge is 2.05. The molecule has 0 saturated carbocycles. The Morgan fingerprint density at radius 1 is 1.17 bits per heavy atom. The summed E-state index contributed by atoms with van der Waals surface area (Å²) in [6.07, 6.45) is 0. The van der Waals surface area contributed by atoms with E-state index in [0.29, 0.717) is 22.3 Å². The van der Waals surface area contributed by atoms with Crippen LogP contribution in [0.4, 0.5) is 5.13 Å². The SMILES string of the molecule is Oc1ccc(Br)cc1CN=Nc1nc(-c2ccc(Cl)cc2)cs1. The predicted octanol–water partition coefficient (Wildman–Crippen LogP) is 6.22. The van der Waals surface area contributed by atoms with Gasteiger partial charge in [-0.2, -0.15) is 5.11 Å². The second-order valence-electron chi connectivity index (χ2n) is 4.69. The van der Waals surface area contributed by atoms with Crippen molar-refractivity contribution in [2.75, 3.05) is 0 Å². The zero-order chi connectivity index (χ0) is 16.2. The first-order chi connectivity index (χ1) is 11.1. The maximum atomic E-state index is 9.76. The van der Waals surface area contributed by atoms with E-state index in [1.165, 1.54) is 11.3 Å². The summed E-state index contributed by atoms with van der Waals surface area (Å²) in [6.45, 7) is 0.293. The van der Waals surface area contributed by atoms with Crippen LogP contribution < -0.4 is 0 Å². The zero-order valence-electron chi connectivity index (χ0n) is 11.8. The summed E-state index contributed by atoms with van der Waals surface area (Å²) in [5, 5.41) is 21.2. The Kier molecular flexibility index (Phi) is 5.05. The van der Waals surface area contributed by atoms with Gasteiger partial charge in [0.05, 0.1) is 12.2 Å². The van der Waals surface area contributed by atoms with E-state index in [1.54, 1.807) is 12.1 Å². The van der Waals surface area contributed by atoms with E-state index in [9.17, 15) is 5.11 Å². The van der Waals surface area contributed by atoms with Gasteiger partial charge in [0, 0.05) is 26.0 Å². The Balaban J connectivity index is 1.71. The van der Waals surface area contributed by atoms with Gasteiger partial charge in [-0.25, -0.2) is 4.98 Å². The van der Waals surface area contributed by atoms with Crippen molar-refractivity contribution < 1.29 is 5.11 Å². The van der Waals surface area contributed by atoms with Crippen LogP contribution in [0.5, 0.6) is 5.75 Å². The molecule has 7 heteroatoms. The largest absolute Gasteiger partial charge is 0.508 e. The highest BCUT2D eigenvalue weighted by molar-refractivity contribution is 9.10. The molecule has 1 N–H and O–H groups in total. The lowest BCUT2D eigenvalue weighted by Gasteiger charge is -2.00. The van der Waals surface area contributed by atoms with E-state index >= 15 is 0 Å². The summed E-state index contributed by atoms with van der Waals surface area (Å²) in [4.78, 5) is 4.42. The third-order valence-electron chi connectivity index (χ3n) is 3.07. The minimum absolute atomic E-state index is 0.202. The predicted molar refractivity (Wildman–Crippen MR) is 96.6 cm³/mol. The molecule has 0 amide bonds.